The first-order chi connectivity index (χ1) is 13.9. The minimum atomic E-state index is -0.888. The molecule has 1 aromatic carbocycles. The molecule has 2 N–H and O–H groups in total. The minimum Gasteiger partial charge on any atom is -0.454 e. The molecule has 29 heavy (non-hydrogen) atoms. The van der Waals surface area contributed by atoms with Crippen molar-refractivity contribution in [2.45, 2.75) is 33.4 Å². The van der Waals surface area contributed by atoms with Crippen LogP contribution in [0.15, 0.2) is 50.0 Å². The van der Waals surface area contributed by atoms with Gasteiger partial charge in [0, 0.05) is 0 Å². The summed E-state index contributed by atoms with van der Waals surface area (Å²) < 4.78 is 11.9. The second kappa shape index (κ2) is 8.78. The Labute approximate surface area is 167 Å². The molecule has 0 fully saturated rings. The van der Waals surface area contributed by atoms with Gasteiger partial charge in [-0.15, -0.1) is 0 Å². The van der Waals surface area contributed by atoms with Crippen LogP contribution in [0.1, 0.15) is 43.1 Å². The van der Waals surface area contributed by atoms with Gasteiger partial charge in [-0.1, -0.05) is 26.0 Å². The summed E-state index contributed by atoms with van der Waals surface area (Å²) in [5.41, 5.74) is 5.52. The second-order valence-corrected chi connectivity index (χ2v) is 6.55. The summed E-state index contributed by atoms with van der Waals surface area (Å²) >= 11 is 0. The molecule has 154 valence electrons. The fourth-order valence-electron chi connectivity index (χ4n) is 3.01. The summed E-state index contributed by atoms with van der Waals surface area (Å²) in [6, 6.07) is 9.20. The predicted octanol–water partition coefficient (Wildman–Crippen LogP) is 2.05. The van der Waals surface area contributed by atoms with Crippen LogP contribution in [0.25, 0.3) is 11.1 Å². The van der Waals surface area contributed by atoms with Crippen molar-refractivity contribution in [3.63, 3.8) is 0 Å². The van der Waals surface area contributed by atoms with Gasteiger partial charge in [-0.3, -0.25) is 29.9 Å². The van der Waals surface area contributed by atoms with Gasteiger partial charge in [0.2, 0.25) is 0 Å². The van der Waals surface area contributed by atoms with Crippen LogP contribution < -0.4 is 16.6 Å². The molecule has 2 aromatic heterocycles. The zero-order valence-electron chi connectivity index (χ0n) is 16.6. The molecule has 0 spiro atoms. The number of furan rings is 1. The Balaban J connectivity index is 1.63. The average Bonchev–Trinajstić information content (AvgIpc) is 3.32. The van der Waals surface area contributed by atoms with E-state index in [1.807, 2.05) is 13.8 Å². The number of rotatable bonds is 7. The molecule has 3 aromatic rings. The molecule has 9 heteroatoms. The maximum absolute atomic E-state index is 12.4. The van der Waals surface area contributed by atoms with E-state index in [1.165, 1.54) is 4.57 Å². The van der Waals surface area contributed by atoms with Crippen LogP contribution in [-0.4, -0.2) is 34.4 Å². The Morgan fingerprint density at radius 3 is 2.52 bits per heavy atom. The van der Waals surface area contributed by atoms with Crippen LogP contribution >= 0.6 is 0 Å². The van der Waals surface area contributed by atoms with Crippen molar-refractivity contribution in [1.82, 2.24) is 20.3 Å². The van der Waals surface area contributed by atoms with E-state index >= 15 is 0 Å². The van der Waals surface area contributed by atoms with Crippen molar-refractivity contribution in [1.29, 1.82) is 0 Å². The third-order valence-corrected chi connectivity index (χ3v) is 4.74. The lowest BCUT2D eigenvalue weighted by Crippen LogP contribution is -2.45. The molecular formula is C20H24N4O5. The maximum atomic E-state index is 12.4. The fourth-order valence-corrected chi connectivity index (χ4v) is 3.01. The number of carbonyl (C=O) groups excluding carboxylic acids is 2. The lowest BCUT2D eigenvalue weighted by molar-refractivity contribution is -0.124. The number of oxazole rings is 1. The van der Waals surface area contributed by atoms with Crippen molar-refractivity contribution in [3.05, 3.63) is 58.5 Å². The van der Waals surface area contributed by atoms with Crippen molar-refractivity contribution < 1.29 is 18.4 Å². The molecule has 1 unspecified atom stereocenters. The number of nitrogens with zero attached hydrogens (tertiary/aromatic N) is 2. The zero-order chi connectivity index (χ0) is 21.0. The highest BCUT2D eigenvalue weighted by Gasteiger charge is 2.22. The number of hydrazine groups is 1. The largest absolute Gasteiger partial charge is 0.454 e. The summed E-state index contributed by atoms with van der Waals surface area (Å²) in [4.78, 5) is 38.9. The quantitative estimate of drug-likeness (QED) is 0.588. The Bertz CT molecular complexity index is 1060. The van der Waals surface area contributed by atoms with E-state index in [2.05, 4.69) is 15.8 Å². The molecule has 3 rings (SSSR count). The van der Waals surface area contributed by atoms with Crippen molar-refractivity contribution >= 4 is 22.9 Å². The minimum absolute atomic E-state index is 0.0889. The van der Waals surface area contributed by atoms with Crippen LogP contribution in [0.2, 0.25) is 0 Å². The first-order valence-electron chi connectivity index (χ1n) is 9.45. The van der Waals surface area contributed by atoms with Crippen molar-refractivity contribution in [2.75, 3.05) is 13.1 Å². The Kier molecular flexibility index (Phi) is 6.18. The summed E-state index contributed by atoms with van der Waals surface area (Å²) in [5, 5.41) is 0. The number of hydrogen-bond donors (Lipinski definition) is 2. The molecule has 0 radical (unpaired) electrons. The summed E-state index contributed by atoms with van der Waals surface area (Å²) in [6.45, 7) is 7.97. The van der Waals surface area contributed by atoms with Gasteiger partial charge in [0.05, 0.1) is 12.1 Å². The number of amides is 2. The van der Waals surface area contributed by atoms with E-state index in [0.29, 0.717) is 23.4 Å². The normalized spacial score (nSPS) is 12.3. The Morgan fingerprint density at radius 1 is 1.07 bits per heavy atom. The van der Waals surface area contributed by atoms with Gasteiger partial charge in [0.15, 0.2) is 11.3 Å². The molecule has 0 saturated heterocycles. The first-order valence-corrected chi connectivity index (χ1v) is 9.45. The van der Waals surface area contributed by atoms with Gasteiger partial charge in [0.25, 0.3) is 5.91 Å². The average molecular weight is 400 g/mol. The van der Waals surface area contributed by atoms with Crippen molar-refractivity contribution in [3.8, 4) is 0 Å². The van der Waals surface area contributed by atoms with Gasteiger partial charge in [-0.25, -0.2) is 4.79 Å². The molecule has 0 bridgehead atoms. The highest BCUT2D eigenvalue weighted by molar-refractivity contribution is 5.93. The number of carbonyl (C=O) groups is 2. The zero-order valence-corrected chi connectivity index (χ0v) is 16.6. The number of para-hydroxylation sites is 2. The van der Waals surface area contributed by atoms with Crippen LogP contribution in [0.3, 0.4) is 0 Å². The third-order valence-electron chi connectivity index (χ3n) is 4.74. The van der Waals surface area contributed by atoms with E-state index in [-0.39, 0.29) is 5.76 Å². The Hall–Kier alpha value is -3.33. The summed E-state index contributed by atoms with van der Waals surface area (Å²) in [6.07, 6.45) is 0. The number of nitrogens with one attached hydrogen (secondary N) is 2. The molecule has 9 nitrogen and oxygen atoms in total. The summed E-state index contributed by atoms with van der Waals surface area (Å²) in [5.74, 6) is -1.05. The van der Waals surface area contributed by atoms with E-state index in [1.54, 1.807) is 43.3 Å². The lowest BCUT2D eigenvalue weighted by Gasteiger charge is -2.15. The number of benzene rings is 1. The van der Waals surface area contributed by atoms with Gasteiger partial charge in [-0.05, 0) is 44.3 Å². The van der Waals surface area contributed by atoms with E-state index in [0.717, 1.165) is 13.1 Å². The first kappa shape index (κ1) is 20.4. The van der Waals surface area contributed by atoms with Gasteiger partial charge < -0.3 is 8.83 Å². The highest BCUT2D eigenvalue weighted by Crippen LogP contribution is 2.16. The molecule has 2 heterocycles. The number of aromatic nitrogens is 1. The summed E-state index contributed by atoms with van der Waals surface area (Å²) in [7, 11) is 0. The lowest BCUT2D eigenvalue weighted by atomic mass is 10.2. The van der Waals surface area contributed by atoms with E-state index in [9.17, 15) is 14.4 Å². The molecule has 0 aliphatic heterocycles. The van der Waals surface area contributed by atoms with Gasteiger partial charge in [0.1, 0.15) is 11.8 Å². The molecule has 0 aliphatic rings. The van der Waals surface area contributed by atoms with Crippen molar-refractivity contribution in [2.24, 2.45) is 0 Å². The smallest absolute Gasteiger partial charge is 0.420 e. The Morgan fingerprint density at radius 2 is 1.79 bits per heavy atom. The fraction of sp³-hybridized carbons (Fsp3) is 0.350. The van der Waals surface area contributed by atoms with Gasteiger partial charge in [-0.2, -0.15) is 0 Å². The van der Waals surface area contributed by atoms with Crippen LogP contribution in [-0.2, 0) is 11.3 Å². The van der Waals surface area contributed by atoms with Crippen LogP contribution in [0, 0.1) is 0 Å². The monoisotopic (exact) mass is 400 g/mol. The SMILES string of the molecule is CCN(CC)Cc1ccc(C(=O)NNC(=O)C(C)n2c(=O)oc3ccccc32)o1. The van der Waals surface area contributed by atoms with Gasteiger partial charge >= 0.3 is 11.7 Å². The van der Waals surface area contributed by atoms with Crippen LogP contribution in [0.5, 0.6) is 0 Å². The molecule has 0 saturated carbocycles. The highest BCUT2D eigenvalue weighted by atomic mass is 16.4. The molecule has 1 atom stereocenters. The molecule has 2 amide bonds. The molecule has 0 aliphatic carbocycles. The van der Waals surface area contributed by atoms with Crippen LogP contribution in [0.4, 0.5) is 0 Å². The number of fused-ring (bicyclic) bond motifs is 1. The third kappa shape index (κ3) is 4.40. The predicted molar refractivity (Wildman–Crippen MR) is 106 cm³/mol. The van der Waals surface area contributed by atoms with E-state index in [4.69, 9.17) is 8.83 Å². The number of hydrogen-bond acceptors (Lipinski definition) is 6. The standard InChI is InChI=1S/C20H24N4O5/c1-4-23(5-2)12-14-10-11-17(28-14)19(26)22-21-18(25)13(3)24-15-8-6-7-9-16(15)29-20(24)27/h6-11,13H,4-5,12H2,1-3H3,(H,21,25)(H,22,26). The van der Waals surface area contributed by atoms with E-state index < -0.39 is 23.6 Å². The topological polar surface area (TPSA) is 110 Å². The maximum Gasteiger partial charge on any atom is 0.420 e. The second-order valence-electron chi connectivity index (χ2n) is 6.55. The molecular weight excluding hydrogens is 376 g/mol.